The van der Waals surface area contributed by atoms with Crippen molar-refractivity contribution in [2.75, 3.05) is 0 Å². The number of benzene rings is 1. The summed E-state index contributed by atoms with van der Waals surface area (Å²) in [6, 6.07) is 7.64. The van der Waals surface area contributed by atoms with E-state index in [-0.39, 0.29) is 6.42 Å². The van der Waals surface area contributed by atoms with E-state index in [2.05, 4.69) is 25.7 Å². The lowest BCUT2D eigenvalue weighted by molar-refractivity contribution is -0.136. The topological polar surface area (TPSA) is 110 Å². The van der Waals surface area contributed by atoms with E-state index < -0.39 is 5.97 Å². The first-order valence-electron chi connectivity index (χ1n) is 7.17. The van der Waals surface area contributed by atoms with Crippen LogP contribution >= 0.6 is 0 Å². The number of nitrogens with one attached hydrogen (secondary N) is 1. The average molecular weight is 312 g/mol. The first-order chi connectivity index (χ1) is 11.1. The Morgan fingerprint density at radius 3 is 2.61 bits per heavy atom. The Balaban J connectivity index is 1.90. The molecule has 3 rings (SSSR count). The van der Waals surface area contributed by atoms with E-state index in [1.54, 1.807) is 0 Å². The van der Waals surface area contributed by atoms with Crippen LogP contribution in [0, 0.1) is 13.8 Å². The van der Waals surface area contributed by atoms with Crippen LogP contribution in [-0.4, -0.2) is 41.5 Å². The van der Waals surface area contributed by atoms with Gasteiger partial charge in [-0.2, -0.15) is 10.3 Å². The number of carbonyl (C=O) groups is 1. The number of tetrazole rings is 1. The highest BCUT2D eigenvalue weighted by atomic mass is 16.4. The van der Waals surface area contributed by atoms with Gasteiger partial charge in [0.1, 0.15) is 0 Å². The highest BCUT2D eigenvalue weighted by Gasteiger charge is 2.14. The molecule has 23 heavy (non-hydrogen) atoms. The molecule has 0 spiro atoms. The molecule has 0 radical (unpaired) electrons. The van der Waals surface area contributed by atoms with Crippen molar-refractivity contribution in [3.63, 3.8) is 0 Å². The normalized spacial score (nSPS) is 10.9. The molecule has 0 unspecified atom stereocenters. The molecule has 0 fully saturated rings. The number of nitrogens with zero attached hydrogens (tertiary/aromatic N) is 5. The van der Waals surface area contributed by atoms with Crippen LogP contribution in [0.15, 0.2) is 24.3 Å². The number of H-pyrrole nitrogens is 1. The van der Waals surface area contributed by atoms with Gasteiger partial charge < -0.3 is 5.11 Å². The zero-order chi connectivity index (χ0) is 16.4. The summed E-state index contributed by atoms with van der Waals surface area (Å²) in [7, 11) is 0. The highest BCUT2D eigenvalue weighted by molar-refractivity contribution is 5.67. The molecule has 8 heteroatoms. The zero-order valence-corrected chi connectivity index (χ0v) is 12.8. The Kier molecular flexibility index (Phi) is 3.88. The predicted molar refractivity (Wildman–Crippen MR) is 82.2 cm³/mol. The molecule has 0 aliphatic rings. The smallest absolute Gasteiger partial charge is 0.303 e. The minimum atomic E-state index is -0.805. The summed E-state index contributed by atoms with van der Waals surface area (Å²) in [5.74, 6) is -0.270. The molecule has 2 heterocycles. The lowest BCUT2D eigenvalue weighted by atomic mass is 10.1. The molecule has 0 atom stereocenters. The zero-order valence-electron chi connectivity index (χ0n) is 12.8. The molecular formula is C15H16N6O2. The molecular weight excluding hydrogens is 296 g/mol. The largest absolute Gasteiger partial charge is 0.481 e. The standard InChI is InChI=1S/C15H16N6O2/c1-9-13(7-8-14(22)23)10(2)21(18-9)12-5-3-11(4-6-12)15-16-19-20-17-15/h3-6H,7-8H2,1-2H3,(H,22,23)(H,16,17,19,20). The van der Waals surface area contributed by atoms with Crippen molar-refractivity contribution in [3.05, 3.63) is 41.2 Å². The molecule has 0 bridgehead atoms. The van der Waals surface area contributed by atoms with Crippen LogP contribution in [0.25, 0.3) is 17.1 Å². The van der Waals surface area contributed by atoms with Crippen LogP contribution in [0.2, 0.25) is 0 Å². The van der Waals surface area contributed by atoms with E-state index in [1.165, 1.54) is 0 Å². The Labute approximate surface area is 132 Å². The average Bonchev–Trinajstić information content (AvgIpc) is 3.15. The van der Waals surface area contributed by atoms with Crippen LogP contribution in [0.1, 0.15) is 23.4 Å². The fourth-order valence-corrected chi connectivity index (χ4v) is 2.56. The summed E-state index contributed by atoms with van der Waals surface area (Å²) in [4.78, 5) is 10.8. The van der Waals surface area contributed by atoms with Crippen LogP contribution in [0.4, 0.5) is 0 Å². The van der Waals surface area contributed by atoms with Gasteiger partial charge in [0.15, 0.2) is 0 Å². The van der Waals surface area contributed by atoms with E-state index >= 15 is 0 Å². The van der Waals surface area contributed by atoms with Gasteiger partial charge in [0.05, 0.1) is 11.4 Å². The van der Waals surface area contributed by atoms with E-state index in [4.69, 9.17) is 5.11 Å². The maximum absolute atomic E-state index is 10.8. The number of hydrogen-bond acceptors (Lipinski definition) is 5. The number of hydrogen-bond donors (Lipinski definition) is 2. The van der Waals surface area contributed by atoms with E-state index in [9.17, 15) is 4.79 Å². The molecule has 2 aromatic heterocycles. The number of aromatic amines is 1. The quantitative estimate of drug-likeness (QED) is 0.742. The van der Waals surface area contributed by atoms with Gasteiger partial charge in [-0.3, -0.25) is 4.79 Å². The molecule has 1 aromatic carbocycles. The summed E-state index contributed by atoms with van der Waals surface area (Å²) < 4.78 is 1.83. The Hall–Kier alpha value is -3.03. The van der Waals surface area contributed by atoms with Gasteiger partial charge in [0.25, 0.3) is 0 Å². The van der Waals surface area contributed by atoms with Gasteiger partial charge in [0, 0.05) is 17.7 Å². The molecule has 0 aliphatic heterocycles. The molecule has 0 saturated carbocycles. The second kappa shape index (κ2) is 5.99. The van der Waals surface area contributed by atoms with Gasteiger partial charge in [-0.1, -0.05) is 0 Å². The molecule has 3 aromatic rings. The molecule has 2 N–H and O–H groups in total. The molecule has 0 aliphatic carbocycles. The monoisotopic (exact) mass is 312 g/mol. The van der Waals surface area contributed by atoms with Crippen molar-refractivity contribution in [1.82, 2.24) is 30.4 Å². The Morgan fingerprint density at radius 1 is 1.26 bits per heavy atom. The van der Waals surface area contributed by atoms with Crippen LogP contribution < -0.4 is 0 Å². The van der Waals surface area contributed by atoms with Crippen molar-refractivity contribution in [1.29, 1.82) is 0 Å². The lowest BCUT2D eigenvalue weighted by Crippen LogP contribution is -2.01. The maximum atomic E-state index is 10.8. The third-order valence-electron chi connectivity index (χ3n) is 3.75. The summed E-state index contributed by atoms with van der Waals surface area (Å²) >= 11 is 0. The van der Waals surface area contributed by atoms with Crippen molar-refractivity contribution in [3.8, 4) is 17.1 Å². The minimum Gasteiger partial charge on any atom is -0.481 e. The minimum absolute atomic E-state index is 0.101. The van der Waals surface area contributed by atoms with Crippen LogP contribution in [0.5, 0.6) is 0 Å². The van der Waals surface area contributed by atoms with Crippen molar-refractivity contribution < 1.29 is 9.90 Å². The summed E-state index contributed by atoms with van der Waals surface area (Å²) in [6.07, 6.45) is 0.581. The first kappa shape index (κ1) is 14.9. The van der Waals surface area contributed by atoms with Crippen molar-refractivity contribution >= 4 is 5.97 Å². The van der Waals surface area contributed by atoms with Crippen molar-refractivity contribution in [2.24, 2.45) is 0 Å². The first-order valence-corrected chi connectivity index (χ1v) is 7.17. The fourth-order valence-electron chi connectivity index (χ4n) is 2.56. The molecule has 8 nitrogen and oxygen atoms in total. The van der Waals surface area contributed by atoms with E-state index in [0.717, 1.165) is 28.2 Å². The Bertz CT molecular complexity index is 821. The van der Waals surface area contributed by atoms with Gasteiger partial charge in [-0.25, -0.2) is 4.68 Å². The second-order valence-electron chi connectivity index (χ2n) is 5.24. The summed E-state index contributed by atoms with van der Waals surface area (Å²) in [5, 5.41) is 27.2. The number of aliphatic carboxylic acids is 1. The number of rotatable bonds is 5. The summed E-state index contributed by atoms with van der Waals surface area (Å²) in [5.41, 5.74) is 4.55. The lowest BCUT2D eigenvalue weighted by Gasteiger charge is -2.06. The maximum Gasteiger partial charge on any atom is 0.303 e. The number of aryl methyl sites for hydroxylation is 1. The number of carboxylic acids is 1. The number of carboxylic acid groups (broad SMARTS) is 1. The highest BCUT2D eigenvalue weighted by Crippen LogP contribution is 2.21. The van der Waals surface area contributed by atoms with Gasteiger partial charge in [0.2, 0.25) is 5.82 Å². The predicted octanol–water partition coefficient (Wildman–Crippen LogP) is 1.69. The van der Waals surface area contributed by atoms with E-state index in [1.807, 2.05) is 42.8 Å². The number of aromatic nitrogens is 6. The third-order valence-corrected chi connectivity index (χ3v) is 3.75. The van der Waals surface area contributed by atoms with E-state index in [0.29, 0.717) is 12.2 Å². The fraction of sp³-hybridized carbons (Fsp3) is 0.267. The molecule has 0 saturated heterocycles. The van der Waals surface area contributed by atoms with Gasteiger partial charge in [-0.05, 0) is 55.3 Å². The Morgan fingerprint density at radius 2 is 2.00 bits per heavy atom. The summed E-state index contributed by atoms with van der Waals surface area (Å²) in [6.45, 7) is 3.85. The van der Waals surface area contributed by atoms with Crippen LogP contribution in [-0.2, 0) is 11.2 Å². The molecule has 118 valence electrons. The van der Waals surface area contributed by atoms with Gasteiger partial charge >= 0.3 is 5.97 Å². The SMILES string of the molecule is Cc1nn(-c2ccc(-c3nn[nH]n3)cc2)c(C)c1CCC(=O)O. The third kappa shape index (κ3) is 2.96. The van der Waals surface area contributed by atoms with Gasteiger partial charge in [-0.15, -0.1) is 10.2 Å². The molecule has 0 amide bonds. The van der Waals surface area contributed by atoms with Crippen molar-refractivity contribution in [2.45, 2.75) is 26.7 Å². The second-order valence-corrected chi connectivity index (χ2v) is 5.24. The van der Waals surface area contributed by atoms with Crippen LogP contribution in [0.3, 0.4) is 0 Å².